The number of ether oxygens (including phenoxy) is 2. The first-order valence-electron chi connectivity index (χ1n) is 21.1. The molecule has 48 heavy (non-hydrogen) atoms. The fourth-order valence-corrected chi connectivity index (χ4v) is 6.39. The molecule has 0 aromatic carbocycles. The van der Waals surface area contributed by atoms with Gasteiger partial charge >= 0.3 is 5.97 Å². The van der Waals surface area contributed by atoms with Crippen molar-refractivity contribution in [3.8, 4) is 0 Å². The van der Waals surface area contributed by atoms with E-state index in [4.69, 9.17) is 15.2 Å². The maximum absolute atomic E-state index is 13.0. The van der Waals surface area contributed by atoms with Crippen LogP contribution in [0.15, 0.2) is 24.3 Å². The Balaban J connectivity index is 4.26. The van der Waals surface area contributed by atoms with Crippen molar-refractivity contribution in [2.75, 3.05) is 0 Å². The summed E-state index contributed by atoms with van der Waals surface area (Å²) in [5, 5.41) is 0. The van der Waals surface area contributed by atoms with Crippen LogP contribution in [0.1, 0.15) is 228 Å². The summed E-state index contributed by atoms with van der Waals surface area (Å²) in [7, 11) is 0. The summed E-state index contributed by atoms with van der Waals surface area (Å²) in [6, 6.07) is -0.749. The van der Waals surface area contributed by atoms with Gasteiger partial charge in [-0.15, -0.1) is 0 Å². The van der Waals surface area contributed by atoms with Crippen molar-refractivity contribution in [2.45, 2.75) is 252 Å². The number of carbonyl (C=O) groups excluding carboxylic acids is 1. The molecule has 2 unspecified atom stereocenters. The highest BCUT2D eigenvalue weighted by Crippen LogP contribution is 2.20. The monoisotopic (exact) mass is 676 g/mol. The molecule has 0 spiro atoms. The number of carbonyl (C=O) groups is 1. The molecule has 0 saturated heterocycles. The molecule has 0 bridgehead atoms. The Morgan fingerprint density at radius 1 is 0.542 bits per heavy atom. The van der Waals surface area contributed by atoms with Crippen molar-refractivity contribution in [3.05, 3.63) is 24.3 Å². The van der Waals surface area contributed by atoms with Gasteiger partial charge in [-0.25, -0.2) is 0 Å². The smallest absolute Gasteiger partial charge is 0.325 e. The molecular formula is C44H85NO3. The molecule has 0 aromatic heterocycles. The van der Waals surface area contributed by atoms with Gasteiger partial charge in [0.2, 0.25) is 0 Å². The molecule has 0 saturated carbocycles. The number of nitrogens with two attached hydrogens (primary N) is 1. The average Bonchev–Trinajstić information content (AvgIpc) is 3.04. The van der Waals surface area contributed by atoms with Crippen LogP contribution in [0.5, 0.6) is 0 Å². The zero-order chi connectivity index (χ0) is 35.6. The lowest BCUT2D eigenvalue weighted by Crippen LogP contribution is -2.46. The van der Waals surface area contributed by atoms with Crippen LogP contribution < -0.4 is 5.73 Å². The van der Waals surface area contributed by atoms with E-state index in [-0.39, 0.29) is 23.8 Å². The molecule has 0 aliphatic rings. The lowest BCUT2D eigenvalue weighted by Gasteiger charge is -2.29. The van der Waals surface area contributed by atoms with Gasteiger partial charge in [-0.3, -0.25) is 4.79 Å². The number of esters is 1. The Morgan fingerprint density at radius 3 is 1.19 bits per heavy atom. The second-order valence-corrected chi connectivity index (χ2v) is 15.6. The first-order valence-corrected chi connectivity index (χ1v) is 21.1. The highest BCUT2D eigenvalue weighted by atomic mass is 16.6. The van der Waals surface area contributed by atoms with Crippen LogP contribution in [0.25, 0.3) is 0 Å². The van der Waals surface area contributed by atoms with Crippen molar-refractivity contribution >= 4 is 5.97 Å². The highest BCUT2D eigenvalue weighted by molar-refractivity contribution is 5.76. The zero-order valence-corrected chi connectivity index (χ0v) is 33.3. The SMILES string of the molecule is CCCCCCCC/C=C\CCCCCCCCC(CCCCCCC/C=C\CCCCCCCC)OC(=O)[C@@H](N)C(C)OC(C)(C)C. The summed E-state index contributed by atoms with van der Waals surface area (Å²) in [5.74, 6) is -0.311. The largest absolute Gasteiger partial charge is 0.461 e. The summed E-state index contributed by atoms with van der Waals surface area (Å²) >= 11 is 0. The van der Waals surface area contributed by atoms with Gasteiger partial charge in [-0.1, -0.05) is 147 Å². The minimum atomic E-state index is -0.749. The molecule has 0 heterocycles. The van der Waals surface area contributed by atoms with Gasteiger partial charge in [0.05, 0.1) is 11.7 Å². The summed E-state index contributed by atoms with van der Waals surface area (Å²) in [5.41, 5.74) is 5.94. The van der Waals surface area contributed by atoms with E-state index in [9.17, 15) is 4.79 Å². The third-order valence-corrected chi connectivity index (χ3v) is 9.43. The van der Waals surface area contributed by atoms with Crippen molar-refractivity contribution in [3.63, 3.8) is 0 Å². The predicted molar refractivity (Wildman–Crippen MR) is 212 cm³/mol. The number of hydrogen-bond acceptors (Lipinski definition) is 4. The Bertz CT molecular complexity index is 740. The van der Waals surface area contributed by atoms with Crippen LogP contribution in [-0.4, -0.2) is 29.8 Å². The fraction of sp³-hybridized carbons (Fsp3) is 0.886. The van der Waals surface area contributed by atoms with E-state index in [2.05, 4.69) is 38.2 Å². The molecule has 0 fully saturated rings. The van der Waals surface area contributed by atoms with Gasteiger partial charge in [-0.2, -0.15) is 0 Å². The van der Waals surface area contributed by atoms with Crippen LogP contribution in [0.2, 0.25) is 0 Å². The van der Waals surface area contributed by atoms with Gasteiger partial charge in [0.1, 0.15) is 12.1 Å². The summed E-state index contributed by atoms with van der Waals surface area (Å²) in [6.07, 6.45) is 46.2. The quantitative estimate of drug-likeness (QED) is 0.0412. The maximum atomic E-state index is 13.0. The minimum Gasteiger partial charge on any atom is -0.461 e. The molecule has 0 aliphatic heterocycles. The standard InChI is InChI=1S/C44H85NO3/c1-7-9-11-13-15-17-19-21-23-25-27-29-31-33-35-37-39-41(47-43(46)42(45)40(3)48-44(4,5)6)38-36-34-32-30-28-26-24-22-20-18-16-14-12-10-8-2/h21-24,40-42H,7-20,25-39,45H2,1-6H3/b23-21-,24-22-/t40?,41?,42-/m0/s1. The van der Waals surface area contributed by atoms with Crippen molar-refractivity contribution in [2.24, 2.45) is 5.73 Å². The fourth-order valence-electron chi connectivity index (χ4n) is 6.39. The van der Waals surface area contributed by atoms with E-state index in [0.29, 0.717) is 0 Å². The van der Waals surface area contributed by atoms with Crippen molar-refractivity contribution in [1.29, 1.82) is 0 Å². The van der Waals surface area contributed by atoms with Gasteiger partial charge in [0.15, 0.2) is 0 Å². The second-order valence-electron chi connectivity index (χ2n) is 15.6. The van der Waals surface area contributed by atoms with Gasteiger partial charge in [-0.05, 0) is 105 Å². The third kappa shape index (κ3) is 33.4. The number of rotatable bonds is 35. The normalized spacial score (nSPS) is 14.2. The molecule has 2 N–H and O–H groups in total. The average molecular weight is 676 g/mol. The summed E-state index contributed by atoms with van der Waals surface area (Å²) in [4.78, 5) is 13.0. The lowest BCUT2D eigenvalue weighted by atomic mass is 10.0. The van der Waals surface area contributed by atoms with E-state index in [0.717, 1.165) is 25.7 Å². The molecule has 284 valence electrons. The maximum Gasteiger partial charge on any atom is 0.325 e. The number of unbranched alkanes of at least 4 members (excludes halogenated alkanes) is 23. The molecule has 3 atom stereocenters. The van der Waals surface area contributed by atoms with Gasteiger partial charge < -0.3 is 15.2 Å². The van der Waals surface area contributed by atoms with Gasteiger partial charge in [0, 0.05) is 0 Å². The number of hydrogen-bond donors (Lipinski definition) is 1. The topological polar surface area (TPSA) is 61.5 Å². The Labute approximate surface area is 301 Å². The van der Waals surface area contributed by atoms with Crippen LogP contribution in [0.3, 0.4) is 0 Å². The van der Waals surface area contributed by atoms with E-state index in [1.54, 1.807) is 0 Å². The van der Waals surface area contributed by atoms with E-state index in [1.165, 1.54) is 161 Å². The van der Waals surface area contributed by atoms with Crippen LogP contribution >= 0.6 is 0 Å². The molecular weight excluding hydrogens is 590 g/mol. The molecule has 4 heteroatoms. The molecule has 0 radical (unpaired) electrons. The molecule has 0 rings (SSSR count). The lowest BCUT2D eigenvalue weighted by molar-refractivity contribution is -0.158. The Hall–Kier alpha value is -1.13. The Kier molecular flexibility index (Phi) is 33.5. The summed E-state index contributed by atoms with van der Waals surface area (Å²) < 4.78 is 12.0. The van der Waals surface area contributed by atoms with Crippen molar-refractivity contribution in [1.82, 2.24) is 0 Å². The third-order valence-electron chi connectivity index (χ3n) is 9.43. The molecule has 0 aliphatic carbocycles. The van der Waals surface area contributed by atoms with E-state index in [1.807, 2.05) is 27.7 Å². The molecule has 0 aromatic rings. The highest BCUT2D eigenvalue weighted by Gasteiger charge is 2.28. The second kappa shape index (κ2) is 34.3. The van der Waals surface area contributed by atoms with Gasteiger partial charge in [0.25, 0.3) is 0 Å². The van der Waals surface area contributed by atoms with Crippen LogP contribution in [0, 0.1) is 0 Å². The number of allylic oxidation sites excluding steroid dienone is 4. The summed E-state index contributed by atoms with van der Waals surface area (Å²) in [6.45, 7) is 12.4. The zero-order valence-electron chi connectivity index (χ0n) is 33.3. The first kappa shape index (κ1) is 46.9. The first-order chi connectivity index (χ1) is 23.2. The van der Waals surface area contributed by atoms with Crippen molar-refractivity contribution < 1.29 is 14.3 Å². The van der Waals surface area contributed by atoms with E-state index >= 15 is 0 Å². The minimum absolute atomic E-state index is 0.0351. The molecule has 0 amide bonds. The van der Waals surface area contributed by atoms with Crippen LogP contribution in [0.4, 0.5) is 0 Å². The van der Waals surface area contributed by atoms with E-state index < -0.39 is 6.04 Å². The Morgan fingerprint density at radius 2 is 0.854 bits per heavy atom. The van der Waals surface area contributed by atoms with Crippen LogP contribution in [-0.2, 0) is 14.3 Å². The predicted octanol–water partition coefficient (Wildman–Crippen LogP) is 13.9. The molecule has 4 nitrogen and oxygen atoms in total.